The van der Waals surface area contributed by atoms with E-state index in [9.17, 15) is 13.6 Å². The number of hydrogen-bond acceptors (Lipinski definition) is 3. The van der Waals surface area contributed by atoms with E-state index >= 15 is 0 Å². The van der Waals surface area contributed by atoms with Crippen molar-refractivity contribution in [2.24, 2.45) is 0 Å². The molecule has 0 saturated heterocycles. The molecule has 5 heteroatoms. The van der Waals surface area contributed by atoms with Crippen LogP contribution in [0.4, 0.5) is 20.3 Å². The van der Waals surface area contributed by atoms with Crippen molar-refractivity contribution in [1.82, 2.24) is 4.98 Å². The Balaban J connectivity index is 2.34. The number of carbonyl (C=O) groups is 1. The molecule has 1 aromatic carbocycles. The lowest BCUT2D eigenvalue weighted by Crippen LogP contribution is -2.00. The minimum atomic E-state index is -0.743. The first-order valence-corrected chi connectivity index (χ1v) is 4.83. The quantitative estimate of drug-likeness (QED) is 0.830. The summed E-state index contributed by atoms with van der Waals surface area (Å²) in [6.45, 7) is 0. The molecule has 0 spiro atoms. The van der Waals surface area contributed by atoms with Crippen molar-refractivity contribution >= 4 is 17.8 Å². The van der Waals surface area contributed by atoms with Crippen LogP contribution in [0.25, 0.3) is 0 Å². The summed E-state index contributed by atoms with van der Waals surface area (Å²) in [7, 11) is 0. The van der Waals surface area contributed by atoms with Crippen LogP contribution < -0.4 is 5.32 Å². The average molecular weight is 234 g/mol. The summed E-state index contributed by atoms with van der Waals surface area (Å²) in [6, 6.07) is 6.26. The highest BCUT2D eigenvalue weighted by molar-refractivity contribution is 5.83. The maximum Gasteiger partial charge on any atom is 0.153 e. The fourth-order valence-electron chi connectivity index (χ4n) is 1.34. The van der Waals surface area contributed by atoms with Crippen LogP contribution in [-0.4, -0.2) is 11.3 Å². The zero-order chi connectivity index (χ0) is 12.3. The predicted molar refractivity (Wildman–Crippen MR) is 59.3 cm³/mol. The van der Waals surface area contributed by atoms with Crippen LogP contribution >= 0.6 is 0 Å². The molecular formula is C12H8F2N2O. The first-order chi connectivity index (χ1) is 8.20. The van der Waals surface area contributed by atoms with E-state index in [2.05, 4.69) is 10.3 Å². The number of aldehydes is 1. The Labute approximate surface area is 96.1 Å². The molecule has 0 radical (unpaired) electrons. The molecule has 0 saturated carbocycles. The molecule has 0 unspecified atom stereocenters. The van der Waals surface area contributed by atoms with E-state index in [1.165, 1.54) is 12.3 Å². The van der Waals surface area contributed by atoms with Crippen LogP contribution in [0.5, 0.6) is 0 Å². The van der Waals surface area contributed by atoms with Crippen LogP contribution in [0.2, 0.25) is 0 Å². The zero-order valence-corrected chi connectivity index (χ0v) is 8.65. The predicted octanol–water partition coefficient (Wildman–Crippen LogP) is 2.92. The van der Waals surface area contributed by atoms with Crippen LogP contribution in [-0.2, 0) is 0 Å². The Bertz CT molecular complexity index is 558. The molecule has 0 fully saturated rings. The number of rotatable bonds is 3. The van der Waals surface area contributed by atoms with Crippen molar-refractivity contribution in [2.75, 3.05) is 5.32 Å². The van der Waals surface area contributed by atoms with E-state index in [0.29, 0.717) is 11.8 Å². The van der Waals surface area contributed by atoms with Gasteiger partial charge in [0.2, 0.25) is 0 Å². The SMILES string of the molecule is O=Cc1cccnc1Nc1ccc(F)cc1F. The summed E-state index contributed by atoms with van der Waals surface area (Å²) < 4.78 is 26.0. The lowest BCUT2D eigenvalue weighted by molar-refractivity contribution is 0.112. The normalized spacial score (nSPS) is 10.0. The summed E-state index contributed by atoms with van der Waals surface area (Å²) in [5, 5.41) is 2.63. The van der Waals surface area contributed by atoms with Gasteiger partial charge >= 0.3 is 0 Å². The molecule has 1 heterocycles. The van der Waals surface area contributed by atoms with Gasteiger partial charge in [-0.2, -0.15) is 0 Å². The highest BCUT2D eigenvalue weighted by Gasteiger charge is 2.07. The Morgan fingerprint density at radius 3 is 2.76 bits per heavy atom. The van der Waals surface area contributed by atoms with Gasteiger partial charge in [-0.3, -0.25) is 4.79 Å². The van der Waals surface area contributed by atoms with Crippen molar-refractivity contribution in [3.63, 3.8) is 0 Å². The van der Waals surface area contributed by atoms with Gasteiger partial charge in [0.15, 0.2) is 6.29 Å². The van der Waals surface area contributed by atoms with Crippen LogP contribution in [0.3, 0.4) is 0 Å². The van der Waals surface area contributed by atoms with E-state index < -0.39 is 11.6 Å². The number of carbonyl (C=O) groups excluding carboxylic acids is 1. The second-order valence-corrected chi connectivity index (χ2v) is 3.31. The Hall–Kier alpha value is -2.30. The zero-order valence-electron chi connectivity index (χ0n) is 8.65. The van der Waals surface area contributed by atoms with Crippen molar-refractivity contribution < 1.29 is 13.6 Å². The number of anilines is 2. The van der Waals surface area contributed by atoms with Gasteiger partial charge in [-0.05, 0) is 24.3 Å². The topological polar surface area (TPSA) is 42.0 Å². The molecule has 17 heavy (non-hydrogen) atoms. The van der Waals surface area contributed by atoms with Gasteiger partial charge in [-0.15, -0.1) is 0 Å². The third-order valence-electron chi connectivity index (χ3n) is 2.15. The van der Waals surface area contributed by atoms with Crippen LogP contribution in [0.15, 0.2) is 36.5 Å². The smallest absolute Gasteiger partial charge is 0.153 e. The minimum absolute atomic E-state index is 0.0631. The van der Waals surface area contributed by atoms with Gasteiger partial charge in [0, 0.05) is 12.3 Å². The lowest BCUT2D eigenvalue weighted by atomic mass is 10.2. The summed E-state index contributed by atoms with van der Waals surface area (Å²) in [4.78, 5) is 14.6. The molecule has 0 aliphatic heterocycles. The number of nitrogens with zero attached hydrogens (tertiary/aromatic N) is 1. The number of aromatic nitrogens is 1. The second kappa shape index (κ2) is 4.69. The molecule has 0 aliphatic rings. The van der Waals surface area contributed by atoms with Crippen LogP contribution in [0.1, 0.15) is 10.4 Å². The minimum Gasteiger partial charge on any atom is -0.337 e. The Kier molecular flexibility index (Phi) is 3.09. The van der Waals surface area contributed by atoms with Crippen molar-refractivity contribution in [2.45, 2.75) is 0 Å². The molecule has 0 aliphatic carbocycles. The molecule has 0 bridgehead atoms. The maximum atomic E-state index is 13.4. The first-order valence-electron chi connectivity index (χ1n) is 4.83. The summed E-state index contributed by atoms with van der Waals surface area (Å²) in [5.41, 5.74) is 0.365. The fourth-order valence-corrected chi connectivity index (χ4v) is 1.34. The van der Waals surface area contributed by atoms with Gasteiger partial charge in [-0.25, -0.2) is 13.8 Å². The van der Waals surface area contributed by atoms with E-state index in [4.69, 9.17) is 0 Å². The second-order valence-electron chi connectivity index (χ2n) is 3.31. The molecule has 1 aromatic heterocycles. The van der Waals surface area contributed by atoms with Crippen molar-refractivity contribution in [3.05, 3.63) is 53.7 Å². The summed E-state index contributed by atoms with van der Waals surface area (Å²) >= 11 is 0. The third-order valence-corrected chi connectivity index (χ3v) is 2.15. The standard InChI is InChI=1S/C12H8F2N2O/c13-9-3-4-11(10(14)6-9)16-12-8(7-17)2-1-5-15-12/h1-7H,(H,15,16). The van der Waals surface area contributed by atoms with Gasteiger partial charge < -0.3 is 5.32 Å². The number of nitrogens with one attached hydrogen (secondary N) is 1. The molecular weight excluding hydrogens is 226 g/mol. The monoisotopic (exact) mass is 234 g/mol. The van der Waals surface area contributed by atoms with E-state index in [0.717, 1.165) is 12.1 Å². The van der Waals surface area contributed by atoms with Crippen molar-refractivity contribution in [1.29, 1.82) is 0 Å². The Morgan fingerprint density at radius 1 is 1.24 bits per heavy atom. The maximum absolute atomic E-state index is 13.4. The number of benzene rings is 1. The molecule has 0 atom stereocenters. The highest BCUT2D eigenvalue weighted by Crippen LogP contribution is 2.20. The van der Waals surface area contributed by atoms with E-state index in [1.54, 1.807) is 12.1 Å². The third kappa shape index (κ3) is 2.44. The highest BCUT2D eigenvalue weighted by atomic mass is 19.1. The van der Waals surface area contributed by atoms with Gasteiger partial charge in [0.1, 0.15) is 17.5 Å². The van der Waals surface area contributed by atoms with Gasteiger partial charge in [0.05, 0.1) is 11.3 Å². The lowest BCUT2D eigenvalue weighted by Gasteiger charge is -2.08. The summed E-state index contributed by atoms with van der Waals surface area (Å²) in [6.07, 6.45) is 2.08. The largest absolute Gasteiger partial charge is 0.337 e. The van der Waals surface area contributed by atoms with E-state index in [1.807, 2.05) is 0 Å². The Morgan fingerprint density at radius 2 is 2.06 bits per heavy atom. The number of hydrogen-bond donors (Lipinski definition) is 1. The molecule has 86 valence electrons. The molecule has 0 amide bonds. The first kappa shape index (κ1) is 11.2. The number of halogens is 2. The average Bonchev–Trinajstić information content (AvgIpc) is 2.33. The number of pyridine rings is 1. The molecule has 2 rings (SSSR count). The van der Waals surface area contributed by atoms with Crippen LogP contribution in [0, 0.1) is 11.6 Å². The molecule has 2 aromatic rings. The van der Waals surface area contributed by atoms with Gasteiger partial charge in [-0.1, -0.05) is 0 Å². The van der Waals surface area contributed by atoms with Crippen molar-refractivity contribution in [3.8, 4) is 0 Å². The van der Waals surface area contributed by atoms with Gasteiger partial charge in [0.25, 0.3) is 0 Å². The fraction of sp³-hybridized carbons (Fsp3) is 0. The summed E-state index contributed by atoms with van der Waals surface area (Å²) in [5.74, 6) is -1.18. The molecule has 3 nitrogen and oxygen atoms in total. The molecule has 1 N–H and O–H groups in total. The van der Waals surface area contributed by atoms with E-state index in [-0.39, 0.29) is 11.5 Å².